The second-order valence-corrected chi connectivity index (χ2v) is 8.47. The minimum atomic E-state index is -4.45. The van der Waals surface area contributed by atoms with Crippen LogP contribution in [0.4, 0.5) is 13.2 Å². The Hall–Kier alpha value is 0.440. The number of thiophene rings is 1. The highest BCUT2D eigenvalue weighted by Crippen LogP contribution is 2.44. The lowest BCUT2D eigenvalue weighted by atomic mass is 10.0. The van der Waals surface area contributed by atoms with E-state index in [4.69, 9.17) is 11.6 Å². The third kappa shape index (κ3) is 3.61. The van der Waals surface area contributed by atoms with Crippen LogP contribution in [-0.2, 0) is 6.18 Å². The molecule has 0 aliphatic carbocycles. The van der Waals surface area contributed by atoms with Crippen molar-refractivity contribution >= 4 is 70.7 Å². The van der Waals surface area contributed by atoms with Gasteiger partial charge in [0.15, 0.2) is 0 Å². The van der Waals surface area contributed by atoms with E-state index >= 15 is 0 Å². The van der Waals surface area contributed by atoms with Gasteiger partial charge in [0.2, 0.25) is 0 Å². The summed E-state index contributed by atoms with van der Waals surface area (Å²) in [5, 5.41) is -0.854. The second kappa shape index (κ2) is 6.28. The smallest absolute Gasteiger partial charge is 0.166 e. The Labute approximate surface area is 147 Å². The molecule has 0 N–H and O–H groups in total. The maximum Gasteiger partial charge on any atom is 0.416 e. The quantitative estimate of drug-likeness (QED) is 0.368. The van der Waals surface area contributed by atoms with Crippen LogP contribution in [0.5, 0.6) is 0 Å². The van der Waals surface area contributed by atoms with E-state index in [1.807, 2.05) is 0 Å². The Kier molecular flexibility index (Phi) is 5.28. The van der Waals surface area contributed by atoms with Gasteiger partial charge in [0.25, 0.3) is 0 Å². The van der Waals surface area contributed by atoms with E-state index in [9.17, 15) is 13.2 Å². The predicted octanol–water partition coefficient (Wildman–Crippen LogP) is 7.38. The van der Waals surface area contributed by atoms with Crippen LogP contribution in [0, 0.1) is 0 Å². The van der Waals surface area contributed by atoms with Crippen LogP contribution in [0.25, 0.3) is 0 Å². The SMILES string of the molecule is FC(F)(F)c1cc(Br)ccc1C(Cl)c1cc(Br)c(Br)s1. The summed E-state index contributed by atoms with van der Waals surface area (Å²) in [7, 11) is 0. The van der Waals surface area contributed by atoms with E-state index in [-0.39, 0.29) is 5.56 Å². The molecule has 2 rings (SSSR count). The molecule has 2 aromatic rings. The molecule has 0 amide bonds. The zero-order valence-electron chi connectivity index (χ0n) is 9.44. The fourth-order valence-electron chi connectivity index (χ4n) is 1.64. The highest BCUT2D eigenvalue weighted by Gasteiger charge is 2.35. The average molecular weight is 513 g/mol. The van der Waals surface area contributed by atoms with Gasteiger partial charge < -0.3 is 0 Å². The molecule has 1 heterocycles. The molecule has 8 heteroatoms. The Balaban J connectivity index is 2.52. The van der Waals surface area contributed by atoms with Gasteiger partial charge in [0, 0.05) is 13.8 Å². The van der Waals surface area contributed by atoms with Gasteiger partial charge in [-0.15, -0.1) is 22.9 Å². The molecule has 0 fully saturated rings. The Morgan fingerprint density at radius 3 is 2.25 bits per heavy atom. The zero-order valence-corrected chi connectivity index (χ0v) is 15.8. The van der Waals surface area contributed by atoms with Crippen LogP contribution in [0.2, 0.25) is 0 Å². The molecule has 0 aliphatic heterocycles. The van der Waals surface area contributed by atoms with Crippen molar-refractivity contribution < 1.29 is 13.2 Å². The number of benzene rings is 1. The summed E-state index contributed by atoms with van der Waals surface area (Å²) < 4.78 is 41.2. The first-order valence-corrected chi connectivity index (χ1v) is 8.79. The van der Waals surface area contributed by atoms with Crippen LogP contribution in [0.3, 0.4) is 0 Å². The summed E-state index contributed by atoms with van der Waals surface area (Å²) in [6.45, 7) is 0. The Morgan fingerprint density at radius 1 is 1.10 bits per heavy atom. The average Bonchev–Trinajstić information content (AvgIpc) is 2.67. The van der Waals surface area contributed by atoms with Gasteiger partial charge in [-0.05, 0) is 55.6 Å². The molecular formula is C12H5Br3ClF3S. The first-order chi connectivity index (χ1) is 9.20. The summed E-state index contributed by atoms with van der Waals surface area (Å²) in [5.74, 6) is 0. The molecule has 0 bridgehead atoms. The number of alkyl halides is 4. The van der Waals surface area contributed by atoms with Gasteiger partial charge in [-0.3, -0.25) is 0 Å². The molecule has 0 saturated carbocycles. The Morgan fingerprint density at radius 2 is 1.75 bits per heavy atom. The van der Waals surface area contributed by atoms with Crippen LogP contribution < -0.4 is 0 Å². The van der Waals surface area contributed by atoms with E-state index in [0.29, 0.717) is 9.35 Å². The molecule has 0 aliphatic rings. The Bertz CT molecular complexity index is 620. The van der Waals surface area contributed by atoms with Gasteiger partial charge >= 0.3 is 6.18 Å². The molecule has 20 heavy (non-hydrogen) atoms. The largest absolute Gasteiger partial charge is 0.416 e. The van der Waals surface area contributed by atoms with Crippen molar-refractivity contribution in [2.24, 2.45) is 0 Å². The van der Waals surface area contributed by atoms with Crippen LogP contribution in [0.15, 0.2) is 37.0 Å². The van der Waals surface area contributed by atoms with Crippen molar-refractivity contribution in [3.63, 3.8) is 0 Å². The van der Waals surface area contributed by atoms with Gasteiger partial charge in [0.1, 0.15) is 0 Å². The topological polar surface area (TPSA) is 0 Å². The van der Waals surface area contributed by atoms with Gasteiger partial charge in [-0.25, -0.2) is 0 Å². The number of rotatable bonds is 2. The fourth-order valence-corrected chi connectivity index (χ4v) is 4.47. The summed E-state index contributed by atoms with van der Waals surface area (Å²) in [6.07, 6.45) is -4.45. The number of hydrogen-bond donors (Lipinski definition) is 0. The van der Waals surface area contributed by atoms with Crippen molar-refractivity contribution in [3.05, 3.63) is 53.0 Å². The van der Waals surface area contributed by atoms with Crippen molar-refractivity contribution in [1.29, 1.82) is 0 Å². The fraction of sp³-hybridized carbons (Fsp3) is 0.167. The minimum Gasteiger partial charge on any atom is -0.166 e. The molecular weight excluding hydrogens is 508 g/mol. The van der Waals surface area contributed by atoms with E-state index in [0.717, 1.165) is 14.3 Å². The van der Waals surface area contributed by atoms with E-state index in [2.05, 4.69) is 47.8 Å². The summed E-state index contributed by atoms with van der Waals surface area (Å²) in [5.41, 5.74) is -0.684. The highest BCUT2D eigenvalue weighted by molar-refractivity contribution is 9.13. The van der Waals surface area contributed by atoms with E-state index in [1.165, 1.54) is 17.4 Å². The third-order valence-corrected chi connectivity index (χ3v) is 6.92. The molecule has 1 aromatic carbocycles. The van der Waals surface area contributed by atoms with Crippen molar-refractivity contribution in [2.75, 3.05) is 0 Å². The maximum atomic E-state index is 13.1. The van der Waals surface area contributed by atoms with Crippen molar-refractivity contribution in [2.45, 2.75) is 11.6 Å². The van der Waals surface area contributed by atoms with Crippen molar-refractivity contribution in [3.8, 4) is 0 Å². The monoisotopic (exact) mass is 510 g/mol. The van der Waals surface area contributed by atoms with E-state index < -0.39 is 17.1 Å². The lowest BCUT2D eigenvalue weighted by Gasteiger charge is -2.16. The van der Waals surface area contributed by atoms with Crippen LogP contribution in [0.1, 0.15) is 21.4 Å². The van der Waals surface area contributed by atoms with Crippen molar-refractivity contribution in [1.82, 2.24) is 0 Å². The second-order valence-electron chi connectivity index (χ2n) is 3.86. The third-order valence-electron chi connectivity index (χ3n) is 2.51. The minimum absolute atomic E-state index is 0.0450. The lowest BCUT2D eigenvalue weighted by molar-refractivity contribution is -0.138. The predicted molar refractivity (Wildman–Crippen MR) is 86.6 cm³/mol. The van der Waals surface area contributed by atoms with Crippen LogP contribution >= 0.6 is 70.7 Å². The van der Waals surface area contributed by atoms with Gasteiger partial charge in [-0.2, -0.15) is 13.2 Å². The molecule has 0 saturated heterocycles. The number of halogens is 7. The highest BCUT2D eigenvalue weighted by atomic mass is 79.9. The van der Waals surface area contributed by atoms with Crippen LogP contribution in [-0.4, -0.2) is 0 Å². The molecule has 0 spiro atoms. The maximum absolute atomic E-state index is 13.1. The lowest BCUT2D eigenvalue weighted by Crippen LogP contribution is -2.10. The molecule has 108 valence electrons. The molecule has 1 aromatic heterocycles. The molecule has 1 atom stereocenters. The first kappa shape index (κ1) is 16.8. The van der Waals surface area contributed by atoms with E-state index in [1.54, 1.807) is 12.1 Å². The summed E-state index contributed by atoms with van der Waals surface area (Å²) in [6, 6.07) is 5.71. The molecule has 1 unspecified atom stereocenters. The standard InChI is InChI=1S/C12H5Br3ClF3S/c13-5-1-2-6(7(3-5)12(17,18)19)10(16)9-4-8(14)11(15)20-9/h1-4,10H. The summed E-state index contributed by atoms with van der Waals surface area (Å²) >= 11 is 17.2. The zero-order chi connectivity index (χ0) is 15.1. The molecule has 0 nitrogen and oxygen atoms in total. The normalized spacial score (nSPS) is 13.6. The first-order valence-electron chi connectivity index (χ1n) is 5.15. The summed E-state index contributed by atoms with van der Waals surface area (Å²) in [4.78, 5) is 0.637. The van der Waals surface area contributed by atoms with Gasteiger partial charge in [-0.1, -0.05) is 22.0 Å². The van der Waals surface area contributed by atoms with Gasteiger partial charge in [0.05, 0.1) is 14.7 Å². The molecule has 0 radical (unpaired) electrons. The number of hydrogen-bond acceptors (Lipinski definition) is 1.